The summed E-state index contributed by atoms with van der Waals surface area (Å²) in [7, 11) is 0. The number of fused-ring (bicyclic) bond motifs is 2. The van der Waals surface area contributed by atoms with Crippen LogP contribution in [0, 0.1) is 0 Å². The quantitative estimate of drug-likeness (QED) is 0.919. The Morgan fingerprint density at radius 3 is 2.57 bits per heavy atom. The van der Waals surface area contributed by atoms with Crippen molar-refractivity contribution in [2.45, 2.75) is 32.2 Å². The maximum atomic E-state index is 10.6. The molecule has 0 radical (unpaired) electrons. The first-order valence-electron chi connectivity index (χ1n) is 7.44. The van der Waals surface area contributed by atoms with Gasteiger partial charge in [-0.05, 0) is 52.8 Å². The Balaban J connectivity index is 1.66. The molecule has 0 bridgehead atoms. The summed E-state index contributed by atoms with van der Waals surface area (Å²) in [6.07, 6.45) is 1.47. The highest BCUT2D eigenvalue weighted by Crippen LogP contribution is 2.31. The van der Waals surface area contributed by atoms with Crippen LogP contribution in [0.5, 0.6) is 5.75 Å². The molecule has 21 heavy (non-hydrogen) atoms. The van der Waals surface area contributed by atoms with Crippen molar-refractivity contribution in [3.8, 4) is 5.75 Å². The molecule has 0 saturated heterocycles. The molecule has 4 rings (SSSR count). The molecule has 0 saturated carbocycles. The van der Waals surface area contributed by atoms with Crippen LogP contribution in [0.2, 0.25) is 0 Å². The highest BCUT2D eigenvalue weighted by Gasteiger charge is 2.18. The van der Waals surface area contributed by atoms with Crippen molar-refractivity contribution in [1.29, 1.82) is 0 Å². The third-order valence-electron chi connectivity index (χ3n) is 4.31. The van der Waals surface area contributed by atoms with Gasteiger partial charge in [-0.3, -0.25) is 0 Å². The molecule has 0 spiro atoms. The molecule has 2 aromatic rings. The van der Waals surface area contributed by atoms with Crippen molar-refractivity contribution in [1.82, 2.24) is 0 Å². The summed E-state index contributed by atoms with van der Waals surface area (Å²) in [6, 6.07) is 12.1. The first kappa shape index (κ1) is 12.9. The Kier molecular flexibility index (Phi) is 3.17. The Morgan fingerprint density at radius 2 is 1.67 bits per heavy atom. The molecule has 2 aliphatic heterocycles. The smallest absolute Gasteiger partial charge is 0.122 e. The van der Waals surface area contributed by atoms with E-state index in [9.17, 15) is 5.11 Å². The average molecular weight is 282 g/mol. The third kappa shape index (κ3) is 2.33. The molecule has 2 aliphatic rings. The second-order valence-electron chi connectivity index (χ2n) is 5.74. The number of hydrogen-bond donors (Lipinski definition) is 1. The summed E-state index contributed by atoms with van der Waals surface area (Å²) in [6.45, 7) is 2.12. The molecule has 108 valence electrons. The van der Waals surface area contributed by atoms with E-state index in [4.69, 9.17) is 9.47 Å². The lowest BCUT2D eigenvalue weighted by Gasteiger charge is -2.20. The van der Waals surface area contributed by atoms with Gasteiger partial charge in [-0.1, -0.05) is 24.3 Å². The molecule has 0 amide bonds. The summed E-state index contributed by atoms with van der Waals surface area (Å²) in [5, 5.41) is 10.6. The molecule has 1 atom stereocenters. The lowest BCUT2D eigenvalue weighted by molar-refractivity contribution is 0.134. The maximum Gasteiger partial charge on any atom is 0.122 e. The SMILES string of the molecule is OC(c1ccc2c(c1)COC2)c1ccc2c(c1)CCCO2. The number of hydrogen-bond acceptors (Lipinski definition) is 3. The first-order valence-corrected chi connectivity index (χ1v) is 7.44. The minimum atomic E-state index is -0.594. The van der Waals surface area contributed by atoms with Crippen LogP contribution < -0.4 is 4.74 Å². The molecule has 1 N–H and O–H groups in total. The van der Waals surface area contributed by atoms with Crippen molar-refractivity contribution < 1.29 is 14.6 Å². The van der Waals surface area contributed by atoms with E-state index in [1.807, 2.05) is 18.2 Å². The van der Waals surface area contributed by atoms with Crippen LogP contribution in [-0.4, -0.2) is 11.7 Å². The molecule has 0 fully saturated rings. The van der Waals surface area contributed by atoms with Gasteiger partial charge in [-0.15, -0.1) is 0 Å². The van der Waals surface area contributed by atoms with E-state index in [-0.39, 0.29) is 0 Å². The second-order valence-corrected chi connectivity index (χ2v) is 5.74. The molecule has 3 nitrogen and oxygen atoms in total. The van der Waals surface area contributed by atoms with Crippen LogP contribution in [0.3, 0.4) is 0 Å². The van der Waals surface area contributed by atoms with Gasteiger partial charge in [0.15, 0.2) is 0 Å². The second kappa shape index (κ2) is 5.17. The summed E-state index contributed by atoms with van der Waals surface area (Å²) < 4.78 is 11.1. The lowest BCUT2D eigenvalue weighted by atomic mass is 9.95. The predicted octanol–water partition coefficient (Wildman–Crippen LogP) is 3.12. The Hall–Kier alpha value is -1.84. The minimum Gasteiger partial charge on any atom is -0.493 e. The van der Waals surface area contributed by atoms with Crippen molar-refractivity contribution in [2.24, 2.45) is 0 Å². The van der Waals surface area contributed by atoms with E-state index in [2.05, 4.69) is 18.2 Å². The third-order valence-corrected chi connectivity index (χ3v) is 4.31. The van der Waals surface area contributed by atoms with Gasteiger partial charge in [-0.2, -0.15) is 0 Å². The monoisotopic (exact) mass is 282 g/mol. The van der Waals surface area contributed by atoms with Gasteiger partial charge >= 0.3 is 0 Å². The molecule has 0 aromatic heterocycles. The van der Waals surface area contributed by atoms with Gasteiger partial charge in [0.1, 0.15) is 11.9 Å². The first-order chi connectivity index (χ1) is 10.3. The molecule has 2 heterocycles. The van der Waals surface area contributed by atoms with Crippen LogP contribution in [-0.2, 0) is 24.4 Å². The summed E-state index contributed by atoms with van der Waals surface area (Å²) in [5.41, 5.74) is 5.47. The summed E-state index contributed by atoms with van der Waals surface area (Å²) in [4.78, 5) is 0. The van der Waals surface area contributed by atoms with Crippen LogP contribution in [0.1, 0.15) is 40.3 Å². The fourth-order valence-corrected chi connectivity index (χ4v) is 3.10. The molecule has 0 aliphatic carbocycles. The van der Waals surface area contributed by atoms with E-state index in [0.717, 1.165) is 36.3 Å². The zero-order valence-electron chi connectivity index (χ0n) is 11.8. The number of aliphatic hydroxyl groups is 1. The number of aliphatic hydroxyl groups excluding tert-OH is 1. The normalized spacial score (nSPS) is 17.8. The summed E-state index contributed by atoms with van der Waals surface area (Å²) >= 11 is 0. The fraction of sp³-hybridized carbons (Fsp3) is 0.333. The van der Waals surface area contributed by atoms with Crippen molar-refractivity contribution in [3.63, 3.8) is 0 Å². The van der Waals surface area contributed by atoms with E-state index in [1.54, 1.807) is 0 Å². The number of ether oxygens (including phenoxy) is 2. The zero-order chi connectivity index (χ0) is 14.2. The molecule has 3 heteroatoms. The van der Waals surface area contributed by atoms with Gasteiger partial charge in [-0.25, -0.2) is 0 Å². The van der Waals surface area contributed by atoms with E-state index in [1.165, 1.54) is 16.7 Å². The van der Waals surface area contributed by atoms with Gasteiger partial charge < -0.3 is 14.6 Å². The Labute approximate surface area is 124 Å². The van der Waals surface area contributed by atoms with Crippen LogP contribution in [0.4, 0.5) is 0 Å². The van der Waals surface area contributed by atoms with Gasteiger partial charge in [0, 0.05) is 0 Å². The molecule has 2 aromatic carbocycles. The molecular weight excluding hydrogens is 264 g/mol. The Bertz CT molecular complexity index is 678. The van der Waals surface area contributed by atoms with E-state index in [0.29, 0.717) is 13.2 Å². The zero-order valence-corrected chi connectivity index (χ0v) is 11.8. The highest BCUT2D eigenvalue weighted by atomic mass is 16.5. The highest BCUT2D eigenvalue weighted by molar-refractivity contribution is 5.43. The van der Waals surface area contributed by atoms with Crippen molar-refractivity contribution >= 4 is 0 Å². The van der Waals surface area contributed by atoms with Gasteiger partial charge in [0.2, 0.25) is 0 Å². The van der Waals surface area contributed by atoms with E-state index < -0.39 is 6.10 Å². The van der Waals surface area contributed by atoms with Crippen molar-refractivity contribution in [3.05, 3.63) is 64.2 Å². The number of aryl methyl sites for hydroxylation is 1. The fourth-order valence-electron chi connectivity index (χ4n) is 3.10. The molecule has 1 unspecified atom stereocenters. The standard InChI is InChI=1S/C18H18O3/c19-18(13-3-4-15-10-20-11-16(15)9-13)14-5-6-17-12(8-14)2-1-7-21-17/h3-6,8-9,18-19H,1-2,7,10-11H2. The van der Waals surface area contributed by atoms with Gasteiger partial charge in [0.05, 0.1) is 19.8 Å². The topological polar surface area (TPSA) is 38.7 Å². The predicted molar refractivity (Wildman–Crippen MR) is 79.3 cm³/mol. The maximum absolute atomic E-state index is 10.6. The molecular formula is C18H18O3. The van der Waals surface area contributed by atoms with Crippen LogP contribution in [0.25, 0.3) is 0 Å². The Morgan fingerprint density at radius 1 is 0.905 bits per heavy atom. The van der Waals surface area contributed by atoms with Crippen LogP contribution >= 0.6 is 0 Å². The number of rotatable bonds is 2. The van der Waals surface area contributed by atoms with Gasteiger partial charge in [0.25, 0.3) is 0 Å². The van der Waals surface area contributed by atoms with Crippen LogP contribution in [0.15, 0.2) is 36.4 Å². The lowest BCUT2D eigenvalue weighted by Crippen LogP contribution is -2.09. The number of benzene rings is 2. The average Bonchev–Trinajstić information content (AvgIpc) is 3.01. The summed E-state index contributed by atoms with van der Waals surface area (Å²) in [5.74, 6) is 0.958. The van der Waals surface area contributed by atoms with Crippen molar-refractivity contribution in [2.75, 3.05) is 6.61 Å². The largest absolute Gasteiger partial charge is 0.493 e. The van der Waals surface area contributed by atoms with E-state index >= 15 is 0 Å². The minimum absolute atomic E-state index is 0.594.